The Morgan fingerprint density at radius 3 is 2.24 bits per heavy atom. The van der Waals surface area contributed by atoms with Crippen LogP contribution in [0.2, 0.25) is 0 Å². The minimum atomic E-state index is -4.43. The van der Waals surface area contributed by atoms with Crippen LogP contribution >= 0.6 is 0 Å². The van der Waals surface area contributed by atoms with Gasteiger partial charge in [-0.3, -0.25) is 0 Å². The number of hydrogen-bond acceptors (Lipinski definition) is 1. The van der Waals surface area contributed by atoms with E-state index in [1.54, 1.807) is 0 Å². The summed E-state index contributed by atoms with van der Waals surface area (Å²) in [6, 6.07) is 0. The van der Waals surface area contributed by atoms with Crippen LogP contribution in [-0.2, 0) is 0 Å². The smallest absolute Gasteiger partial charge is 0.308 e. The van der Waals surface area contributed by atoms with E-state index in [0.29, 0.717) is 24.0 Å². The number of alkyl halides is 3. The summed E-state index contributed by atoms with van der Waals surface area (Å²) in [6.45, 7) is 6.13. The molecule has 17 heavy (non-hydrogen) atoms. The van der Waals surface area contributed by atoms with Gasteiger partial charge in [-0.2, -0.15) is 13.2 Å². The standard InChI is InChI=1S/C13H18F3N/c1-8(2)11-6-12(11)9(3)4-5-10(7-17)13(14,15)16/h4-5,7-8,11-12,17H,6H2,1-3H3/b9-4+,10-5+,17-7?/t11-,12-/m1/s1. The van der Waals surface area contributed by atoms with Crippen LogP contribution in [0, 0.1) is 23.2 Å². The first-order valence-corrected chi connectivity index (χ1v) is 5.73. The van der Waals surface area contributed by atoms with E-state index in [0.717, 1.165) is 18.1 Å². The predicted octanol–water partition coefficient (Wildman–Crippen LogP) is 4.36. The van der Waals surface area contributed by atoms with Gasteiger partial charge in [0.25, 0.3) is 0 Å². The molecule has 1 saturated carbocycles. The minimum absolute atomic E-state index is 0.358. The summed E-state index contributed by atoms with van der Waals surface area (Å²) in [5, 5.41) is 6.75. The summed E-state index contributed by atoms with van der Waals surface area (Å²) in [5.41, 5.74) is 0.0749. The third-order valence-electron chi connectivity index (χ3n) is 3.29. The van der Waals surface area contributed by atoms with Crippen LogP contribution in [0.15, 0.2) is 23.3 Å². The zero-order valence-electron chi connectivity index (χ0n) is 10.3. The Labute approximate surface area is 99.9 Å². The van der Waals surface area contributed by atoms with Gasteiger partial charge in [0.2, 0.25) is 0 Å². The molecule has 1 aliphatic carbocycles. The summed E-state index contributed by atoms with van der Waals surface area (Å²) < 4.78 is 37.0. The summed E-state index contributed by atoms with van der Waals surface area (Å²) in [5.74, 6) is 1.61. The molecule has 1 N–H and O–H groups in total. The molecule has 0 saturated heterocycles. The Bertz CT molecular complexity index is 350. The topological polar surface area (TPSA) is 23.9 Å². The predicted molar refractivity (Wildman–Crippen MR) is 63.1 cm³/mol. The third-order valence-corrected chi connectivity index (χ3v) is 3.29. The van der Waals surface area contributed by atoms with E-state index in [4.69, 9.17) is 5.41 Å². The highest BCUT2D eigenvalue weighted by Crippen LogP contribution is 2.48. The van der Waals surface area contributed by atoms with Gasteiger partial charge < -0.3 is 5.41 Å². The lowest BCUT2D eigenvalue weighted by atomic mass is 10.0. The fraction of sp³-hybridized carbons (Fsp3) is 0.615. The van der Waals surface area contributed by atoms with Crippen molar-refractivity contribution >= 4 is 6.21 Å². The highest BCUT2D eigenvalue weighted by Gasteiger charge is 2.40. The van der Waals surface area contributed by atoms with Crippen LogP contribution in [0.1, 0.15) is 27.2 Å². The molecule has 1 fully saturated rings. The van der Waals surface area contributed by atoms with E-state index in [-0.39, 0.29) is 0 Å². The van der Waals surface area contributed by atoms with Crippen molar-refractivity contribution in [3.8, 4) is 0 Å². The number of halogens is 3. The summed E-state index contributed by atoms with van der Waals surface area (Å²) in [4.78, 5) is 0. The molecule has 0 radical (unpaired) electrons. The molecule has 0 amide bonds. The highest BCUT2D eigenvalue weighted by molar-refractivity contribution is 5.78. The fourth-order valence-electron chi connectivity index (χ4n) is 2.04. The zero-order valence-corrected chi connectivity index (χ0v) is 10.3. The molecule has 0 aromatic carbocycles. The van der Waals surface area contributed by atoms with Crippen LogP contribution in [-0.4, -0.2) is 12.4 Å². The molecular formula is C13H18F3N. The Morgan fingerprint density at radius 1 is 1.29 bits per heavy atom. The lowest BCUT2D eigenvalue weighted by Gasteiger charge is -2.06. The molecule has 96 valence electrons. The zero-order chi connectivity index (χ0) is 13.2. The fourth-order valence-corrected chi connectivity index (χ4v) is 2.04. The Hall–Kier alpha value is -1.06. The minimum Gasteiger partial charge on any atom is -0.308 e. The van der Waals surface area contributed by atoms with Crippen molar-refractivity contribution in [1.29, 1.82) is 5.41 Å². The summed E-state index contributed by atoms with van der Waals surface area (Å²) in [7, 11) is 0. The molecular weight excluding hydrogens is 227 g/mol. The average Bonchev–Trinajstić information content (AvgIpc) is 2.95. The lowest BCUT2D eigenvalue weighted by molar-refractivity contribution is -0.0856. The normalized spacial score (nSPS) is 26.3. The molecule has 0 heterocycles. The molecule has 0 aliphatic heterocycles. The first-order chi connectivity index (χ1) is 7.77. The van der Waals surface area contributed by atoms with E-state index in [2.05, 4.69) is 13.8 Å². The van der Waals surface area contributed by atoms with Crippen molar-refractivity contribution in [2.45, 2.75) is 33.4 Å². The number of rotatable bonds is 4. The largest absolute Gasteiger partial charge is 0.417 e. The molecule has 0 spiro atoms. The molecule has 2 atom stereocenters. The second-order valence-corrected chi connectivity index (χ2v) is 4.92. The Kier molecular flexibility index (Phi) is 4.17. The van der Waals surface area contributed by atoms with Crippen molar-refractivity contribution in [3.05, 3.63) is 23.3 Å². The van der Waals surface area contributed by atoms with Crippen LogP contribution in [0.5, 0.6) is 0 Å². The van der Waals surface area contributed by atoms with Crippen LogP contribution in [0.4, 0.5) is 13.2 Å². The van der Waals surface area contributed by atoms with Crippen molar-refractivity contribution in [2.75, 3.05) is 0 Å². The second-order valence-electron chi connectivity index (χ2n) is 4.92. The lowest BCUT2D eigenvalue weighted by Crippen LogP contribution is -2.12. The van der Waals surface area contributed by atoms with E-state index in [9.17, 15) is 13.2 Å². The van der Waals surface area contributed by atoms with Crippen LogP contribution in [0.25, 0.3) is 0 Å². The SMILES string of the molecule is C/C(=C\C=C(/C=N)C(F)(F)F)[C@H]1C[C@@H]1C(C)C. The van der Waals surface area contributed by atoms with E-state index in [1.807, 2.05) is 6.92 Å². The van der Waals surface area contributed by atoms with Gasteiger partial charge in [0.1, 0.15) is 0 Å². The molecule has 4 heteroatoms. The first-order valence-electron chi connectivity index (χ1n) is 5.73. The van der Waals surface area contributed by atoms with Crippen molar-refractivity contribution in [1.82, 2.24) is 0 Å². The molecule has 0 aromatic heterocycles. The Morgan fingerprint density at radius 2 is 1.88 bits per heavy atom. The average molecular weight is 245 g/mol. The number of allylic oxidation sites excluding steroid dienone is 4. The Balaban J connectivity index is 2.71. The van der Waals surface area contributed by atoms with Crippen molar-refractivity contribution in [2.24, 2.45) is 17.8 Å². The number of nitrogens with one attached hydrogen (secondary N) is 1. The van der Waals surface area contributed by atoms with Crippen LogP contribution < -0.4 is 0 Å². The van der Waals surface area contributed by atoms with Crippen LogP contribution in [0.3, 0.4) is 0 Å². The van der Waals surface area contributed by atoms with Crippen molar-refractivity contribution in [3.63, 3.8) is 0 Å². The maximum Gasteiger partial charge on any atom is 0.417 e. The second kappa shape index (κ2) is 5.07. The van der Waals surface area contributed by atoms with E-state index >= 15 is 0 Å². The van der Waals surface area contributed by atoms with Gasteiger partial charge in [0, 0.05) is 6.21 Å². The van der Waals surface area contributed by atoms with E-state index in [1.165, 1.54) is 6.08 Å². The summed E-state index contributed by atoms with van der Waals surface area (Å²) >= 11 is 0. The monoisotopic (exact) mass is 245 g/mol. The molecule has 0 aromatic rings. The van der Waals surface area contributed by atoms with Gasteiger partial charge in [0.05, 0.1) is 5.57 Å². The van der Waals surface area contributed by atoms with Gasteiger partial charge in [-0.25, -0.2) is 0 Å². The number of hydrogen-bond donors (Lipinski definition) is 1. The molecule has 0 unspecified atom stereocenters. The quantitative estimate of drug-likeness (QED) is 0.562. The van der Waals surface area contributed by atoms with Gasteiger partial charge >= 0.3 is 6.18 Å². The third kappa shape index (κ3) is 3.72. The first kappa shape index (κ1) is 14.0. The molecule has 0 bridgehead atoms. The van der Waals surface area contributed by atoms with Crippen molar-refractivity contribution < 1.29 is 13.2 Å². The molecule has 1 aliphatic rings. The molecule has 1 rings (SSSR count). The maximum atomic E-state index is 12.3. The molecule has 1 nitrogen and oxygen atoms in total. The van der Waals surface area contributed by atoms with Gasteiger partial charge in [0.15, 0.2) is 0 Å². The van der Waals surface area contributed by atoms with E-state index < -0.39 is 11.7 Å². The highest BCUT2D eigenvalue weighted by atomic mass is 19.4. The van der Waals surface area contributed by atoms with Gasteiger partial charge in [-0.15, -0.1) is 0 Å². The summed E-state index contributed by atoms with van der Waals surface area (Å²) in [6.07, 6.45) is -0.505. The maximum absolute atomic E-state index is 12.3. The van der Waals surface area contributed by atoms with Gasteiger partial charge in [-0.1, -0.05) is 25.5 Å². The van der Waals surface area contributed by atoms with Gasteiger partial charge in [-0.05, 0) is 37.2 Å².